The fourth-order valence-corrected chi connectivity index (χ4v) is 5.81. The minimum atomic E-state index is -3.81. The average molecular weight is 470 g/mol. The Balaban J connectivity index is 1.90. The molecule has 1 saturated heterocycles. The van der Waals surface area contributed by atoms with Crippen LogP contribution in [0.4, 0.5) is 5.69 Å². The number of aromatic nitrogens is 1. The molecule has 1 aliphatic rings. The molecule has 1 atom stereocenters. The van der Waals surface area contributed by atoms with Crippen LogP contribution in [0.2, 0.25) is 0 Å². The highest BCUT2D eigenvalue weighted by molar-refractivity contribution is 7.91. The molecule has 0 aliphatic carbocycles. The number of nitrogens with zero attached hydrogens (tertiary/aromatic N) is 1. The summed E-state index contributed by atoms with van der Waals surface area (Å²) >= 11 is 0. The minimum Gasteiger partial charge on any atom is -0.494 e. The van der Waals surface area contributed by atoms with Crippen LogP contribution in [0.1, 0.15) is 26.7 Å². The number of anilines is 1. The highest BCUT2D eigenvalue weighted by Gasteiger charge is 2.34. The maximum absolute atomic E-state index is 13.7. The van der Waals surface area contributed by atoms with E-state index in [2.05, 4.69) is 4.98 Å². The van der Waals surface area contributed by atoms with Gasteiger partial charge in [-0.05, 0) is 51.0 Å². The topological polar surface area (TPSA) is 87.0 Å². The second kappa shape index (κ2) is 9.79. The second-order valence-corrected chi connectivity index (χ2v) is 9.91. The van der Waals surface area contributed by atoms with Gasteiger partial charge >= 0.3 is 5.97 Å². The molecule has 2 aromatic carbocycles. The molecule has 1 aromatic heterocycles. The molecule has 0 amide bonds. The number of H-pyrrole nitrogens is 1. The highest BCUT2D eigenvalue weighted by Crippen LogP contribution is 2.38. The lowest BCUT2D eigenvalue weighted by atomic mass is 9.97. The van der Waals surface area contributed by atoms with Crippen molar-refractivity contribution in [1.29, 1.82) is 0 Å². The van der Waals surface area contributed by atoms with E-state index < -0.39 is 9.84 Å². The van der Waals surface area contributed by atoms with E-state index in [0.717, 1.165) is 23.7 Å². The number of hydrogen-bond donors (Lipinski definition) is 0. The fourth-order valence-electron chi connectivity index (χ4n) is 4.34. The van der Waals surface area contributed by atoms with Crippen molar-refractivity contribution in [1.82, 2.24) is 0 Å². The molecule has 0 spiro atoms. The van der Waals surface area contributed by atoms with Crippen molar-refractivity contribution in [2.24, 2.45) is 5.92 Å². The predicted molar refractivity (Wildman–Crippen MR) is 125 cm³/mol. The van der Waals surface area contributed by atoms with Crippen LogP contribution in [0.15, 0.2) is 64.5 Å². The van der Waals surface area contributed by atoms with Crippen LogP contribution in [0, 0.1) is 5.92 Å². The molecule has 4 rings (SSSR count). The van der Waals surface area contributed by atoms with Gasteiger partial charge in [-0.15, -0.1) is 0 Å². The number of piperidine rings is 1. The van der Waals surface area contributed by atoms with E-state index >= 15 is 0 Å². The number of ether oxygens (including phenoxy) is 2. The van der Waals surface area contributed by atoms with Gasteiger partial charge < -0.3 is 14.4 Å². The Kier molecular flexibility index (Phi) is 6.83. The summed E-state index contributed by atoms with van der Waals surface area (Å²) in [6.45, 7) is 5.56. The van der Waals surface area contributed by atoms with Crippen molar-refractivity contribution in [2.45, 2.75) is 36.5 Å². The van der Waals surface area contributed by atoms with Gasteiger partial charge in [0.05, 0.1) is 35.1 Å². The van der Waals surface area contributed by atoms with Crippen molar-refractivity contribution in [2.75, 3.05) is 31.2 Å². The third-order valence-electron chi connectivity index (χ3n) is 5.85. The van der Waals surface area contributed by atoms with Crippen LogP contribution in [0.5, 0.6) is 5.75 Å². The number of nitrogens with one attached hydrogen (secondary N) is 1. The molecule has 2 heterocycles. The van der Waals surface area contributed by atoms with Gasteiger partial charge in [0.15, 0.2) is 11.1 Å². The number of rotatable bonds is 7. The van der Waals surface area contributed by atoms with Crippen molar-refractivity contribution in [3.63, 3.8) is 0 Å². The van der Waals surface area contributed by atoms with Gasteiger partial charge in [-0.1, -0.05) is 18.2 Å². The van der Waals surface area contributed by atoms with Crippen molar-refractivity contribution >= 4 is 32.4 Å². The maximum atomic E-state index is 13.7. The Hall–Kier alpha value is -3.13. The van der Waals surface area contributed by atoms with Crippen LogP contribution in [-0.2, 0) is 19.4 Å². The number of carbonyl (C=O) groups is 1. The quantitative estimate of drug-likeness (QED) is 0.491. The van der Waals surface area contributed by atoms with Gasteiger partial charge in [0.2, 0.25) is 15.4 Å². The Bertz CT molecular complexity index is 1240. The molecular formula is C25H29N2O5S+. The normalized spacial score (nSPS) is 16.5. The summed E-state index contributed by atoms with van der Waals surface area (Å²) in [5.41, 5.74) is 1.38. The molecule has 0 bridgehead atoms. The summed E-state index contributed by atoms with van der Waals surface area (Å²) in [4.78, 5) is 18.0. The number of fused-ring (bicyclic) bond motifs is 1. The van der Waals surface area contributed by atoms with Crippen LogP contribution < -0.4 is 14.6 Å². The lowest BCUT2D eigenvalue weighted by Gasteiger charge is -2.34. The average Bonchev–Trinajstić information content (AvgIpc) is 2.84. The lowest BCUT2D eigenvalue weighted by Crippen LogP contribution is -2.40. The first kappa shape index (κ1) is 23.0. The van der Waals surface area contributed by atoms with Gasteiger partial charge in [0.25, 0.3) is 0 Å². The number of benzene rings is 2. The Morgan fingerprint density at radius 2 is 1.91 bits per heavy atom. The van der Waals surface area contributed by atoms with Gasteiger partial charge in [0.1, 0.15) is 5.75 Å². The molecule has 174 valence electrons. The zero-order valence-electron chi connectivity index (χ0n) is 18.9. The molecule has 1 aliphatic heterocycles. The number of hydrogen-bond acceptors (Lipinski definition) is 6. The van der Waals surface area contributed by atoms with Crippen molar-refractivity contribution < 1.29 is 27.7 Å². The van der Waals surface area contributed by atoms with Crippen LogP contribution in [0.3, 0.4) is 0 Å². The summed E-state index contributed by atoms with van der Waals surface area (Å²) in [5.74, 6) is 0.115. The van der Waals surface area contributed by atoms with E-state index in [1.54, 1.807) is 43.5 Å². The van der Waals surface area contributed by atoms with E-state index in [9.17, 15) is 13.2 Å². The molecule has 7 nitrogen and oxygen atoms in total. The van der Waals surface area contributed by atoms with Gasteiger partial charge in [-0.3, -0.25) is 4.79 Å². The smallest absolute Gasteiger partial charge is 0.310 e. The van der Waals surface area contributed by atoms with E-state index in [0.29, 0.717) is 37.7 Å². The second-order valence-electron chi connectivity index (χ2n) is 8.00. The lowest BCUT2D eigenvalue weighted by molar-refractivity contribution is -0.347. The fraction of sp³-hybridized carbons (Fsp3) is 0.360. The summed E-state index contributed by atoms with van der Waals surface area (Å²) in [7, 11) is -3.81. The minimum absolute atomic E-state index is 0.180. The Morgan fingerprint density at radius 3 is 2.64 bits per heavy atom. The molecule has 1 N–H and O–H groups in total. The molecule has 8 heteroatoms. The first-order chi connectivity index (χ1) is 16.0. The largest absolute Gasteiger partial charge is 0.494 e. The molecule has 3 aromatic rings. The highest BCUT2D eigenvalue weighted by atomic mass is 32.2. The summed E-state index contributed by atoms with van der Waals surface area (Å²) in [5, 5.41) is 0.738. The van der Waals surface area contributed by atoms with E-state index in [-0.39, 0.29) is 21.7 Å². The standard InChI is InChI=1S/C25H28N2O5S/c1-3-31-19-12-13-22-21(15-19)24(27-14-8-9-18(17-27)25(28)32-4-2)23(16-26-22)33(29,30)20-10-6-5-7-11-20/h5-7,10-13,15-16,18H,3-4,8-9,14,17H2,1-2H3/p+1/t18-/m0/s1. The molecule has 1 fully saturated rings. The number of carbonyl (C=O) groups excluding carboxylic acids is 1. The first-order valence-electron chi connectivity index (χ1n) is 11.3. The molecule has 0 radical (unpaired) electrons. The zero-order chi connectivity index (χ0) is 23.4. The number of pyridine rings is 1. The van der Waals surface area contributed by atoms with Crippen molar-refractivity contribution in [3.05, 3.63) is 54.7 Å². The van der Waals surface area contributed by atoms with E-state index in [4.69, 9.17) is 9.47 Å². The zero-order valence-corrected chi connectivity index (χ0v) is 19.7. The Morgan fingerprint density at radius 1 is 1.12 bits per heavy atom. The molecule has 0 saturated carbocycles. The van der Waals surface area contributed by atoms with E-state index in [1.165, 1.54) is 0 Å². The number of aromatic amines is 1. The predicted octanol–water partition coefficient (Wildman–Crippen LogP) is 3.66. The summed E-state index contributed by atoms with van der Waals surface area (Å²) < 4.78 is 38.4. The van der Waals surface area contributed by atoms with Gasteiger partial charge in [0, 0.05) is 19.2 Å². The van der Waals surface area contributed by atoms with Gasteiger partial charge in [-0.25, -0.2) is 13.4 Å². The van der Waals surface area contributed by atoms with E-state index in [1.807, 2.05) is 30.0 Å². The van der Waals surface area contributed by atoms with Crippen LogP contribution >= 0.6 is 0 Å². The van der Waals surface area contributed by atoms with Crippen molar-refractivity contribution in [3.8, 4) is 5.75 Å². The molecular weight excluding hydrogens is 440 g/mol. The SMILES string of the molecule is CCOC(=O)[C@H]1CCCN(c2c(S(=O)(=O)c3ccccc3)c[nH+]c3ccc(OCC)cc23)C1. The monoisotopic (exact) mass is 469 g/mol. The third kappa shape index (κ3) is 4.66. The summed E-state index contributed by atoms with van der Waals surface area (Å²) in [6.07, 6.45) is 3.03. The molecule has 33 heavy (non-hydrogen) atoms. The molecule has 0 unspecified atom stereocenters. The third-order valence-corrected chi connectivity index (χ3v) is 7.63. The summed E-state index contributed by atoms with van der Waals surface area (Å²) in [6, 6.07) is 14.0. The first-order valence-corrected chi connectivity index (χ1v) is 12.8. The van der Waals surface area contributed by atoms with Crippen LogP contribution in [0.25, 0.3) is 10.9 Å². The number of sulfone groups is 1. The number of esters is 1. The van der Waals surface area contributed by atoms with Gasteiger partial charge in [-0.2, -0.15) is 0 Å². The Labute approximate surface area is 194 Å². The maximum Gasteiger partial charge on any atom is 0.310 e. The van der Waals surface area contributed by atoms with Crippen LogP contribution in [-0.4, -0.2) is 40.7 Å².